The molecule has 0 spiro atoms. The van der Waals surface area contributed by atoms with Crippen molar-refractivity contribution in [2.45, 2.75) is 31.3 Å². The Morgan fingerprint density at radius 1 is 1.00 bits per heavy atom. The Hall–Kier alpha value is -2.88. The second-order valence-corrected chi connectivity index (χ2v) is 7.49. The van der Waals surface area contributed by atoms with Crippen molar-refractivity contribution in [2.24, 2.45) is 0 Å². The summed E-state index contributed by atoms with van der Waals surface area (Å²) in [7, 11) is 1.75. The second-order valence-electron chi connectivity index (χ2n) is 7.49. The number of fused-ring (bicyclic) bond motifs is 1. The summed E-state index contributed by atoms with van der Waals surface area (Å²) in [5.41, 5.74) is 2.02. The molecule has 2 heterocycles. The topological polar surface area (TPSA) is 40.6 Å². The molecule has 2 saturated heterocycles. The van der Waals surface area contributed by atoms with E-state index in [9.17, 15) is 9.59 Å². The molecule has 2 aliphatic heterocycles. The van der Waals surface area contributed by atoms with Crippen molar-refractivity contribution in [3.8, 4) is 0 Å². The summed E-state index contributed by atoms with van der Waals surface area (Å²) in [4.78, 5) is 29.7. The number of nitrogens with zero attached hydrogens (tertiary/aromatic N) is 2. The lowest BCUT2D eigenvalue weighted by atomic mass is 9.86. The molecule has 2 fully saturated rings. The van der Waals surface area contributed by atoms with Crippen LogP contribution < -0.4 is 0 Å². The molecule has 2 aromatic rings. The van der Waals surface area contributed by atoms with Gasteiger partial charge in [0, 0.05) is 13.6 Å². The van der Waals surface area contributed by atoms with E-state index in [-0.39, 0.29) is 17.9 Å². The van der Waals surface area contributed by atoms with Crippen molar-refractivity contribution < 1.29 is 9.59 Å². The van der Waals surface area contributed by atoms with Gasteiger partial charge in [0.2, 0.25) is 5.91 Å². The van der Waals surface area contributed by atoms with E-state index in [1.54, 1.807) is 16.8 Å². The van der Waals surface area contributed by atoms with E-state index in [4.69, 9.17) is 0 Å². The summed E-state index contributed by atoms with van der Waals surface area (Å²) < 4.78 is 0. The first-order chi connectivity index (χ1) is 13.0. The third-order valence-electron chi connectivity index (χ3n) is 5.85. The number of piperazine rings is 1. The molecule has 4 heteroatoms. The number of carbonyl (C=O) groups is 2. The molecule has 138 valence electrons. The maximum atomic E-state index is 13.4. The van der Waals surface area contributed by atoms with Gasteiger partial charge >= 0.3 is 0 Å². The molecule has 2 amide bonds. The summed E-state index contributed by atoms with van der Waals surface area (Å²) in [6, 6.07) is 19.8. The number of carbonyl (C=O) groups excluding carboxylic acids is 2. The van der Waals surface area contributed by atoms with E-state index in [1.807, 2.05) is 73.7 Å². The van der Waals surface area contributed by atoms with Crippen LogP contribution in [-0.4, -0.2) is 46.8 Å². The lowest BCUT2D eigenvalue weighted by Gasteiger charge is -2.46. The highest BCUT2D eigenvalue weighted by molar-refractivity contribution is 6.02. The molecule has 2 aliphatic rings. The number of benzene rings is 2. The van der Waals surface area contributed by atoms with E-state index in [1.165, 1.54) is 0 Å². The molecule has 0 unspecified atom stereocenters. The molecule has 4 nitrogen and oxygen atoms in total. The maximum Gasteiger partial charge on any atom is 0.252 e. The van der Waals surface area contributed by atoms with Crippen molar-refractivity contribution in [3.63, 3.8) is 0 Å². The highest BCUT2D eigenvalue weighted by Gasteiger charge is 2.52. The number of hydrogen-bond donors (Lipinski definition) is 0. The normalized spacial score (nSPS) is 24.7. The van der Waals surface area contributed by atoms with Crippen LogP contribution in [0.4, 0.5) is 0 Å². The minimum atomic E-state index is -1.00. The van der Waals surface area contributed by atoms with Gasteiger partial charge in [-0.05, 0) is 42.5 Å². The van der Waals surface area contributed by atoms with Gasteiger partial charge in [-0.25, -0.2) is 0 Å². The summed E-state index contributed by atoms with van der Waals surface area (Å²) in [6.07, 6.45) is 3.62. The average Bonchev–Trinajstić information content (AvgIpc) is 3.20. The van der Waals surface area contributed by atoms with Crippen LogP contribution >= 0.6 is 0 Å². The Bertz CT molecular complexity index is 850. The van der Waals surface area contributed by atoms with Crippen molar-refractivity contribution in [2.75, 3.05) is 13.6 Å². The van der Waals surface area contributed by atoms with Crippen LogP contribution in [0.15, 0.2) is 66.7 Å². The van der Waals surface area contributed by atoms with Crippen LogP contribution in [0.2, 0.25) is 0 Å². The highest BCUT2D eigenvalue weighted by Crippen LogP contribution is 2.36. The average molecular weight is 360 g/mol. The molecule has 0 aromatic heterocycles. The third kappa shape index (κ3) is 2.85. The van der Waals surface area contributed by atoms with Gasteiger partial charge < -0.3 is 9.80 Å². The van der Waals surface area contributed by atoms with E-state index >= 15 is 0 Å². The van der Waals surface area contributed by atoms with Gasteiger partial charge in [0.25, 0.3) is 5.91 Å². The maximum absolute atomic E-state index is 13.4. The Labute approximate surface area is 160 Å². The predicted molar refractivity (Wildman–Crippen MR) is 106 cm³/mol. The van der Waals surface area contributed by atoms with E-state index in [2.05, 4.69) is 0 Å². The first-order valence-electron chi connectivity index (χ1n) is 9.45. The fourth-order valence-electron chi connectivity index (χ4n) is 4.16. The van der Waals surface area contributed by atoms with Crippen LogP contribution in [0.3, 0.4) is 0 Å². The molecule has 0 saturated carbocycles. The minimum Gasteiger partial charge on any atom is -0.328 e. The van der Waals surface area contributed by atoms with Crippen LogP contribution in [0.5, 0.6) is 0 Å². The summed E-state index contributed by atoms with van der Waals surface area (Å²) in [6.45, 7) is 2.52. The van der Waals surface area contributed by atoms with Crippen LogP contribution in [0.25, 0.3) is 5.57 Å². The summed E-state index contributed by atoms with van der Waals surface area (Å²) in [5.74, 6) is 0.0442. The van der Waals surface area contributed by atoms with Gasteiger partial charge in [-0.2, -0.15) is 0 Å². The molecule has 0 radical (unpaired) electrons. The first kappa shape index (κ1) is 17.5. The molecular formula is C23H24N2O2. The zero-order valence-corrected chi connectivity index (χ0v) is 15.8. The van der Waals surface area contributed by atoms with E-state index < -0.39 is 5.54 Å². The van der Waals surface area contributed by atoms with Gasteiger partial charge in [0.15, 0.2) is 0 Å². The largest absolute Gasteiger partial charge is 0.328 e. The van der Waals surface area contributed by atoms with E-state index in [0.717, 1.165) is 29.5 Å². The van der Waals surface area contributed by atoms with Gasteiger partial charge in [-0.1, -0.05) is 60.7 Å². The first-order valence-corrected chi connectivity index (χ1v) is 9.45. The Morgan fingerprint density at radius 3 is 2.11 bits per heavy atom. The molecule has 2 atom stereocenters. The molecule has 0 N–H and O–H groups in total. The Balaban J connectivity index is 1.86. The van der Waals surface area contributed by atoms with Gasteiger partial charge in [0.1, 0.15) is 11.6 Å². The van der Waals surface area contributed by atoms with Crippen LogP contribution in [0, 0.1) is 0 Å². The summed E-state index contributed by atoms with van der Waals surface area (Å²) in [5, 5.41) is 0. The Kier molecular flexibility index (Phi) is 4.34. The minimum absolute atomic E-state index is 0.0106. The standard InChI is InChI=1S/C23H24N2O2/c1-23(22(27)25-15-9-14-20(25)21(26)24(23)2)16-19(17-10-5-3-6-11-17)18-12-7-4-8-13-18/h3-8,10-13,16,20H,9,14-15H2,1-2H3/t20-,23+/m0/s1. The van der Waals surface area contributed by atoms with Gasteiger partial charge in [-0.3, -0.25) is 9.59 Å². The van der Waals surface area contributed by atoms with Crippen LogP contribution in [-0.2, 0) is 9.59 Å². The van der Waals surface area contributed by atoms with Crippen LogP contribution in [0.1, 0.15) is 30.9 Å². The Morgan fingerprint density at radius 2 is 1.56 bits per heavy atom. The predicted octanol–water partition coefficient (Wildman–Crippen LogP) is 3.34. The van der Waals surface area contributed by atoms with Crippen molar-refractivity contribution in [1.29, 1.82) is 0 Å². The lowest BCUT2D eigenvalue weighted by molar-refractivity contribution is -0.161. The van der Waals surface area contributed by atoms with Gasteiger partial charge in [0.05, 0.1) is 0 Å². The molecule has 0 aliphatic carbocycles. The number of rotatable bonds is 3. The zero-order valence-electron chi connectivity index (χ0n) is 15.8. The number of amides is 2. The number of likely N-dealkylation sites (N-methyl/N-ethyl adjacent to an activating group) is 1. The fraction of sp³-hybridized carbons (Fsp3) is 0.304. The summed E-state index contributed by atoms with van der Waals surface area (Å²) >= 11 is 0. The van der Waals surface area contributed by atoms with Crippen molar-refractivity contribution >= 4 is 17.4 Å². The molecule has 27 heavy (non-hydrogen) atoms. The second kappa shape index (κ2) is 6.69. The van der Waals surface area contributed by atoms with Crippen molar-refractivity contribution in [3.05, 3.63) is 77.9 Å². The fourth-order valence-corrected chi connectivity index (χ4v) is 4.16. The van der Waals surface area contributed by atoms with Crippen molar-refractivity contribution in [1.82, 2.24) is 9.80 Å². The monoisotopic (exact) mass is 360 g/mol. The SMILES string of the molecule is CN1C(=O)[C@@H]2CCCN2C(=O)[C@@]1(C)C=C(c1ccccc1)c1ccccc1. The van der Waals surface area contributed by atoms with E-state index in [0.29, 0.717) is 6.54 Å². The molecular weight excluding hydrogens is 336 g/mol. The van der Waals surface area contributed by atoms with Gasteiger partial charge in [-0.15, -0.1) is 0 Å². The molecule has 0 bridgehead atoms. The highest BCUT2D eigenvalue weighted by atomic mass is 16.2. The molecule has 4 rings (SSSR count). The lowest BCUT2D eigenvalue weighted by Crippen LogP contribution is -2.67. The third-order valence-corrected chi connectivity index (χ3v) is 5.85. The molecule has 2 aromatic carbocycles. The zero-order chi connectivity index (χ0) is 19.0. The smallest absolute Gasteiger partial charge is 0.252 e. The number of hydrogen-bond acceptors (Lipinski definition) is 2. The quantitative estimate of drug-likeness (QED) is 0.842.